The quantitative estimate of drug-likeness (QED) is 0.251. The summed E-state index contributed by atoms with van der Waals surface area (Å²) in [6, 6.07) is 2.43. The second-order valence-corrected chi connectivity index (χ2v) is 5.40. The molecule has 0 saturated carbocycles. The molecular formula is C16H12N2O6. The van der Waals surface area contributed by atoms with Crippen molar-refractivity contribution >= 4 is 28.9 Å². The van der Waals surface area contributed by atoms with Gasteiger partial charge in [0.15, 0.2) is 17.3 Å². The summed E-state index contributed by atoms with van der Waals surface area (Å²) in [5, 5.41) is 29.2. The lowest BCUT2D eigenvalue weighted by atomic mass is 9.78. The molecule has 0 fully saturated rings. The number of phenolic OH excluding ortho intramolecular Hbond substituents is 1. The lowest BCUT2D eigenvalue weighted by Gasteiger charge is -2.24. The molecule has 0 bridgehead atoms. The molecule has 24 heavy (non-hydrogen) atoms. The number of nitrogen functional groups attached to an aromatic ring is 2. The van der Waals surface area contributed by atoms with Crippen LogP contribution in [0.2, 0.25) is 0 Å². The first kappa shape index (κ1) is 15.3. The average molecular weight is 328 g/mol. The summed E-state index contributed by atoms with van der Waals surface area (Å²) in [5.41, 5.74) is 9.12. The number of phenols is 2. The molecule has 0 amide bonds. The maximum atomic E-state index is 12.8. The normalized spacial score (nSPS) is 12.7. The number of carbonyl (C=O) groups excluding carboxylic acids is 2. The van der Waals surface area contributed by atoms with E-state index < -0.39 is 40.3 Å². The SMILES string of the molecule is Cc1c(C(=O)O)c(O)c(N)c2c1C(=O)c1c(O)ccc(N)c1C2=O. The van der Waals surface area contributed by atoms with Crippen LogP contribution in [0.4, 0.5) is 11.4 Å². The third-order valence-corrected chi connectivity index (χ3v) is 4.10. The lowest BCUT2D eigenvalue weighted by molar-refractivity contribution is 0.0692. The summed E-state index contributed by atoms with van der Waals surface area (Å²) in [5.74, 6) is -4.28. The monoisotopic (exact) mass is 328 g/mol. The molecule has 0 heterocycles. The van der Waals surface area contributed by atoms with E-state index in [4.69, 9.17) is 11.5 Å². The maximum Gasteiger partial charge on any atom is 0.339 e. The van der Waals surface area contributed by atoms with Gasteiger partial charge in [-0.05, 0) is 24.6 Å². The minimum Gasteiger partial charge on any atom is -0.507 e. The Kier molecular flexibility index (Phi) is 3.02. The van der Waals surface area contributed by atoms with Crippen molar-refractivity contribution in [2.45, 2.75) is 6.92 Å². The van der Waals surface area contributed by atoms with Crippen molar-refractivity contribution in [3.8, 4) is 11.5 Å². The molecule has 0 spiro atoms. The number of nitrogens with two attached hydrogens (primary N) is 2. The van der Waals surface area contributed by atoms with E-state index in [2.05, 4.69) is 0 Å². The molecule has 3 rings (SSSR count). The van der Waals surface area contributed by atoms with E-state index >= 15 is 0 Å². The number of benzene rings is 2. The van der Waals surface area contributed by atoms with Gasteiger partial charge in [-0.3, -0.25) is 9.59 Å². The van der Waals surface area contributed by atoms with E-state index in [0.717, 1.165) is 0 Å². The molecule has 122 valence electrons. The summed E-state index contributed by atoms with van der Waals surface area (Å²) >= 11 is 0. The fourth-order valence-corrected chi connectivity index (χ4v) is 2.99. The van der Waals surface area contributed by atoms with E-state index in [0.29, 0.717) is 0 Å². The standard InChI is InChI=1S/C16H12N2O6/c1-4-7-11(12(18)15(22)8(4)16(23)24)14(21)9-5(17)2-3-6(19)10(9)13(7)20/h2-3,19,22H,17-18H2,1H3,(H,23,24). The number of anilines is 2. The van der Waals surface area contributed by atoms with Crippen molar-refractivity contribution in [1.29, 1.82) is 0 Å². The van der Waals surface area contributed by atoms with Gasteiger partial charge in [0.1, 0.15) is 11.3 Å². The molecule has 2 aromatic carbocycles. The van der Waals surface area contributed by atoms with Gasteiger partial charge in [0.2, 0.25) is 0 Å². The van der Waals surface area contributed by atoms with Gasteiger partial charge < -0.3 is 26.8 Å². The Morgan fingerprint density at radius 3 is 2.12 bits per heavy atom. The first-order valence-electron chi connectivity index (χ1n) is 6.77. The van der Waals surface area contributed by atoms with Crippen LogP contribution < -0.4 is 11.5 Å². The molecule has 0 unspecified atom stereocenters. The van der Waals surface area contributed by atoms with Gasteiger partial charge in [-0.2, -0.15) is 0 Å². The molecule has 1 aliphatic carbocycles. The number of ketones is 2. The van der Waals surface area contributed by atoms with Crippen molar-refractivity contribution in [3.05, 3.63) is 45.5 Å². The summed E-state index contributed by atoms with van der Waals surface area (Å²) in [7, 11) is 0. The number of aromatic hydroxyl groups is 2. The van der Waals surface area contributed by atoms with Crippen molar-refractivity contribution in [2.75, 3.05) is 11.5 Å². The Morgan fingerprint density at radius 1 is 0.958 bits per heavy atom. The van der Waals surface area contributed by atoms with Crippen LogP contribution in [0.5, 0.6) is 11.5 Å². The predicted molar refractivity (Wildman–Crippen MR) is 83.6 cm³/mol. The molecule has 2 aromatic rings. The van der Waals surface area contributed by atoms with Crippen molar-refractivity contribution < 1.29 is 29.7 Å². The van der Waals surface area contributed by atoms with Gasteiger partial charge >= 0.3 is 5.97 Å². The fraction of sp³-hybridized carbons (Fsp3) is 0.0625. The minimum absolute atomic E-state index is 0.0364. The Hall–Kier alpha value is -3.55. The number of carboxylic acid groups (broad SMARTS) is 1. The Morgan fingerprint density at radius 2 is 1.54 bits per heavy atom. The van der Waals surface area contributed by atoms with Crippen LogP contribution in [0.15, 0.2) is 12.1 Å². The third-order valence-electron chi connectivity index (χ3n) is 4.10. The van der Waals surface area contributed by atoms with E-state index in [1.807, 2.05) is 0 Å². The van der Waals surface area contributed by atoms with E-state index in [-0.39, 0.29) is 33.5 Å². The second kappa shape index (κ2) is 4.72. The number of hydrogen-bond donors (Lipinski definition) is 5. The first-order valence-corrected chi connectivity index (χ1v) is 6.77. The first-order chi connectivity index (χ1) is 11.2. The zero-order chi connectivity index (χ0) is 17.9. The van der Waals surface area contributed by atoms with Gasteiger partial charge in [-0.1, -0.05) is 0 Å². The van der Waals surface area contributed by atoms with Crippen LogP contribution in [0.25, 0.3) is 0 Å². The van der Waals surface area contributed by atoms with Crippen LogP contribution in [-0.4, -0.2) is 32.9 Å². The van der Waals surface area contributed by atoms with Crippen LogP contribution in [0.3, 0.4) is 0 Å². The number of aromatic carboxylic acids is 1. The maximum absolute atomic E-state index is 12.8. The van der Waals surface area contributed by atoms with Crippen molar-refractivity contribution in [2.24, 2.45) is 0 Å². The Balaban J connectivity index is 2.50. The number of carboxylic acids is 1. The average Bonchev–Trinajstić information content (AvgIpc) is 2.50. The zero-order valence-electron chi connectivity index (χ0n) is 12.4. The van der Waals surface area contributed by atoms with Crippen LogP contribution >= 0.6 is 0 Å². The number of fused-ring (bicyclic) bond motifs is 2. The Labute approximate surface area is 134 Å². The number of hydrogen-bond acceptors (Lipinski definition) is 7. The third kappa shape index (κ3) is 1.70. The van der Waals surface area contributed by atoms with E-state index in [1.165, 1.54) is 19.1 Å². The topological polar surface area (TPSA) is 164 Å². The lowest BCUT2D eigenvalue weighted by Crippen LogP contribution is -2.26. The molecule has 7 N–H and O–H groups in total. The molecule has 8 heteroatoms. The zero-order valence-corrected chi connectivity index (χ0v) is 12.4. The van der Waals surface area contributed by atoms with E-state index in [1.54, 1.807) is 0 Å². The molecule has 0 aromatic heterocycles. The largest absolute Gasteiger partial charge is 0.507 e. The fourth-order valence-electron chi connectivity index (χ4n) is 2.99. The summed E-state index contributed by atoms with van der Waals surface area (Å²) < 4.78 is 0. The van der Waals surface area contributed by atoms with Crippen LogP contribution in [0, 0.1) is 6.92 Å². The van der Waals surface area contributed by atoms with Crippen molar-refractivity contribution in [3.63, 3.8) is 0 Å². The molecule has 0 saturated heterocycles. The minimum atomic E-state index is -1.50. The summed E-state index contributed by atoms with van der Waals surface area (Å²) in [4.78, 5) is 36.9. The van der Waals surface area contributed by atoms with Gasteiger partial charge in [-0.25, -0.2) is 4.79 Å². The highest BCUT2D eigenvalue weighted by atomic mass is 16.4. The van der Waals surface area contributed by atoms with Gasteiger partial charge in [0, 0.05) is 11.3 Å². The van der Waals surface area contributed by atoms with Crippen LogP contribution in [0.1, 0.15) is 47.8 Å². The smallest absolute Gasteiger partial charge is 0.339 e. The number of carbonyl (C=O) groups is 3. The van der Waals surface area contributed by atoms with Crippen LogP contribution in [-0.2, 0) is 0 Å². The number of rotatable bonds is 1. The van der Waals surface area contributed by atoms with Gasteiger partial charge in [0.25, 0.3) is 0 Å². The molecule has 1 aliphatic rings. The molecule has 8 nitrogen and oxygen atoms in total. The molecular weight excluding hydrogens is 316 g/mol. The van der Waals surface area contributed by atoms with Gasteiger partial charge in [0.05, 0.1) is 22.4 Å². The highest BCUT2D eigenvalue weighted by Gasteiger charge is 2.39. The summed E-state index contributed by atoms with van der Waals surface area (Å²) in [6.07, 6.45) is 0. The van der Waals surface area contributed by atoms with E-state index in [9.17, 15) is 29.7 Å². The summed E-state index contributed by atoms with van der Waals surface area (Å²) in [6.45, 7) is 1.28. The highest BCUT2D eigenvalue weighted by Crippen LogP contribution is 2.43. The van der Waals surface area contributed by atoms with Crippen molar-refractivity contribution in [1.82, 2.24) is 0 Å². The Bertz CT molecular complexity index is 978. The second-order valence-electron chi connectivity index (χ2n) is 5.40. The highest BCUT2D eigenvalue weighted by molar-refractivity contribution is 6.33. The molecule has 0 radical (unpaired) electrons. The van der Waals surface area contributed by atoms with Gasteiger partial charge in [-0.15, -0.1) is 0 Å². The molecule has 0 aliphatic heterocycles. The molecule has 0 atom stereocenters. The predicted octanol–water partition coefficient (Wildman–Crippen LogP) is 1.04.